The fourth-order valence-electron chi connectivity index (χ4n) is 2.52. The molecule has 124 valence electrons. The Hall–Kier alpha value is -2.44. The highest BCUT2D eigenvalue weighted by Gasteiger charge is 2.18. The van der Waals surface area contributed by atoms with Crippen LogP contribution in [-0.4, -0.2) is 20.5 Å². The van der Waals surface area contributed by atoms with Crippen molar-refractivity contribution in [1.29, 1.82) is 0 Å². The molecular weight excluding hydrogens is 324 g/mol. The van der Waals surface area contributed by atoms with E-state index in [2.05, 4.69) is 9.71 Å². The van der Waals surface area contributed by atoms with Gasteiger partial charge in [0, 0.05) is 18.1 Å². The Morgan fingerprint density at radius 1 is 1.08 bits per heavy atom. The zero-order valence-corrected chi connectivity index (χ0v) is 14.3. The quantitative estimate of drug-likeness (QED) is 0.774. The van der Waals surface area contributed by atoms with Crippen molar-refractivity contribution in [2.75, 3.05) is 7.11 Å². The molecule has 24 heavy (non-hydrogen) atoms. The molecule has 0 aliphatic rings. The Labute approximate surface area is 141 Å². The Kier molecular flexibility index (Phi) is 4.51. The van der Waals surface area contributed by atoms with Crippen molar-refractivity contribution in [1.82, 2.24) is 9.71 Å². The van der Waals surface area contributed by atoms with Gasteiger partial charge in [-0.2, -0.15) is 0 Å². The molecule has 1 N–H and O–H groups in total. The first-order valence-electron chi connectivity index (χ1n) is 7.48. The zero-order valence-electron chi connectivity index (χ0n) is 13.5. The molecule has 0 aliphatic heterocycles. The van der Waals surface area contributed by atoms with Gasteiger partial charge in [0.1, 0.15) is 5.75 Å². The molecule has 0 aliphatic carbocycles. The Morgan fingerprint density at radius 3 is 2.54 bits per heavy atom. The molecule has 6 heteroatoms. The second kappa shape index (κ2) is 6.59. The summed E-state index contributed by atoms with van der Waals surface area (Å²) in [5, 5.41) is 0.625. The van der Waals surface area contributed by atoms with E-state index in [0.29, 0.717) is 10.9 Å². The molecule has 3 aromatic rings. The third kappa shape index (κ3) is 3.25. The van der Waals surface area contributed by atoms with Crippen molar-refractivity contribution in [3.63, 3.8) is 0 Å². The van der Waals surface area contributed by atoms with Crippen LogP contribution in [0.5, 0.6) is 5.75 Å². The smallest absolute Gasteiger partial charge is 0.241 e. The number of pyridine rings is 1. The maximum atomic E-state index is 12.7. The number of fused-ring (bicyclic) bond motifs is 1. The van der Waals surface area contributed by atoms with Gasteiger partial charge >= 0.3 is 0 Å². The lowest BCUT2D eigenvalue weighted by Gasteiger charge is -2.11. The topological polar surface area (TPSA) is 68.3 Å². The second-order valence-electron chi connectivity index (χ2n) is 5.45. The summed E-state index contributed by atoms with van der Waals surface area (Å²) in [5.41, 5.74) is 2.50. The van der Waals surface area contributed by atoms with E-state index >= 15 is 0 Å². The first kappa shape index (κ1) is 16.4. The van der Waals surface area contributed by atoms with Crippen LogP contribution in [-0.2, 0) is 16.6 Å². The van der Waals surface area contributed by atoms with Gasteiger partial charge in [-0.15, -0.1) is 0 Å². The van der Waals surface area contributed by atoms with Crippen molar-refractivity contribution < 1.29 is 13.2 Å². The van der Waals surface area contributed by atoms with Gasteiger partial charge in [-0.25, -0.2) is 13.1 Å². The van der Waals surface area contributed by atoms with Crippen molar-refractivity contribution in [3.05, 3.63) is 65.9 Å². The standard InChI is InChI=1S/C18H18N2O3S/c1-13-5-10-17(16-4-3-11-19-18(13)16)24(21,22)20-12-14-6-8-15(23-2)9-7-14/h3-11,20H,12H2,1-2H3. The molecule has 1 aromatic heterocycles. The van der Waals surface area contributed by atoms with Gasteiger partial charge < -0.3 is 4.74 Å². The molecular formula is C18H18N2O3S. The lowest BCUT2D eigenvalue weighted by molar-refractivity contribution is 0.414. The number of benzene rings is 2. The number of sulfonamides is 1. The number of hydrogen-bond acceptors (Lipinski definition) is 4. The predicted octanol–water partition coefficient (Wildman–Crippen LogP) is 3.03. The third-order valence-electron chi connectivity index (χ3n) is 3.85. The van der Waals surface area contributed by atoms with E-state index < -0.39 is 10.0 Å². The normalized spacial score (nSPS) is 11.6. The molecule has 0 amide bonds. The number of rotatable bonds is 5. The van der Waals surface area contributed by atoms with Gasteiger partial charge in [0.15, 0.2) is 0 Å². The summed E-state index contributed by atoms with van der Waals surface area (Å²) in [6, 6.07) is 14.2. The van der Waals surface area contributed by atoms with Crippen molar-refractivity contribution in [3.8, 4) is 5.75 Å². The fraction of sp³-hybridized carbons (Fsp3) is 0.167. The molecule has 3 rings (SSSR count). The monoisotopic (exact) mass is 342 g/mol. The van der Waals surface area contributed by atoms with Crippen LogP contribution in [0.2, 0.25) is 0 Å². The van der Waals surface area contributed by atoms with E-state index in [1.807, 2.05) is 19.1 Å². The van der Waals surface area contributed by atoms with Crippen LogP contribution in [0.15, 0.2) is 59.6 Å². The molecule has 0 saturated heterocycles. The van der Waals surface area contributed by atoms with Crippen LogP contribution in [0, 0.1) is 6.92 Å². The van der Waals surface area contributed by atoms with Gasteiger partial charge in [-0.3, -0.25) is 4.98 Å². The molecule has 0 unspecified atom stereocenters. The van der Waals surface area contributed by atoms with Crippen molar-refractivity contribution in [2.45, 2.75) is 18.4 Å². The SMILES string of the molecule is COc1ccc(CNS(=O)(=O)c2ccc(C)c3ncccc23)cc1. The molecule has 2 aromatic carbocycles. The summed E-state index contributed by atoms with van der Waals surface area (Å²) in [4.78, 5) is 4.53. The van der Waals surface area contributed by atoms with E-state index in [1.165, 1.54) is 0 Å². The van der Waals surface area contributed by atoms with Gasteiger partial charge in [-0.1, -0.05) is 18.2 Å². The Bertz CT molecular complexity index is 967. The Balaban J connectivity index is 1.89. The molecule has 0 spiro atoms. The van der Waals surface area contributed by atoms with Crippen molar-refractivity contribution in [2.24, 2.45) is 0 Å². The van der Waals surface area contributed by atoms with E-state index in [4.69, 9.17) is 4.74 Å². The molecule has 0 radical (unpaired) electrons. The summed E-state index contributed by atoms with van der Waals surface area (Å²) in [6.45, 7) is 2.12. The maximum absolute atomic E-state index is 12.7. The predicted molar refractivity (Wildman–Crippen MR) is 93.5 cm³/mol. The minimum Gasteiger partial charge on any atom is -0.497 e. The largest absolute Gasteiger partial charge is 0.497 e. The molecule has 0 atom stereocenters. The Morgan fingerprint density at radius 2 is 1.83 bits per heavy atom. The number of ether oxygens (including phenoxy) is 1. The first-order chi connectivity index (χ1) is 11.5. The highest BCUT2D eigenvalue weighted by molar-refractivity contribution is 7.89. The van der Waals surface area contributed by atoms with E-state index in [-0.39, 0.29) is 11.4 Å². The van der Waals surface area contributed by atoms with Crippen LogP contribution in [0.1, 0.15) is 11.1 Å². The van der Waals surface area contributed by atoms with Gasteiger partial charge in [0.2, 0.25) is 10.0 Å². The van der Waals surface area contributed by atoms with Crippen LogP contribution in [0.4, 0.5) is 0 Å². The number of hydrogen-bond donors (Lipinski definition) is 1. The molecule has 1 heterocycles. The van der Waals surface area contributed by atoms with Crippen molar-refractivity contribution >= 4 is 20.9 Å². The molecule has 5 nitrogen and oxygen atoms in total. The summed E-state index contributed by atoms with van der Waals surface area (Å²) < 4.78 is 33.1. The molecule has 0 bridgehead atoms. The van der Waals surface area contributed by atoms with E-state index in [0.717, 1.165) is 16.9 Å². The number of aryl methyl sites for hydroxylation is 1. The lowest BCUT2D eigenvalue weighted by atomic mass is 10.1. The average molecular weight is 342 g/mol. The van der Waals surface area contributed by atoms with Crippen LogP contribution in [0.3, 0.4) is 0 Å². The molecule has 0 saturated carbocycles. The first-order valence-corrected chi connectivity index (χ1v) is 8.96. The fourth-order valence-corrected chi connectivity index (χ4v) is 3.74. The maximum Gasteiger partial charge on any atom is 0.241 e. The summed E-state index contributed by atoms with van der Waals surface area (Å²) >= 11 is 0. The lowest BCUT2D eigenvalue weighted by Crippen LogP contribution is -2.23. The number of aromatic nitrogens is 1. The van der Waals surface area contributed by atoms with E-state index in [1.54, 1.807) is 49.7 Å². The van der Waals surface area contributed by atoms with Gasteiger partial charge in [0.25, 0.3) is 0 Å². The highest BCUT2D eigenvalue weighted by atomic mass is 32.2. The minimum atomic E-state index is -3.64. The van der Waals surface area contributed by atoms with Crippen LogP contribution >= 0.6 is 0 Å². The molecule has 0 fully saturated rings. The number of nitrogens with zero attached hydrogens (tertiary/aromatic N) is 1. The van der Waals surface area contributed by atoms with Gasteiger partial charge in [-0.05, 0) is 48.4 Å². The third-order valence-corrected chi connectivity index (χ3v) is 5.31. The number of nitrogens with one attached hydrogen (secondary N) is 1. The van der Waals surface area contributed by atoms with Crippen LogP contribution in [0.25, 0.3) is 10.9 Å². The summed E-state index contributed by atoms with van der Waals surface area (Å²) in [6.07, 6.45) is 1.66. The minimum absolute atomic E-state index is 0.210. The highest BCUT2D eigenvalue weighted by Crippen LogP contribution is 2.24. The van der Waals surface area contributed by atoms with Crippen LogP contribution < -0.4 is 9.46 Å². The average Bonchev–Trinajstić information content (AvgIpc) is 2.61. The zero-order chi connectivity index (χ0) is 17.2. The summed E-state index contributed by atoms with van der Waals surface area (Å²) in [5.74, 6) is 0.734. The summed E-state index contributed by atoms with van der Waals surface area (Å²) in [7, 11) is -2.05. The second-order valence-corrected chi connectivity index (χ2v) is 7.19. The van der Waals surface area contributed by atoms with E-state index in [9.17, 15) is 8.42 Å². The van der Waals surface area contributed by atoms with Gasteiger partial charge in [0.05, 0.1) is 17.5 Å². The number of methoxy groups -OCH3 is 1.